The van der Waals surface area contributed by atoms with Crippen LogP contribution in [0.25, 0.3) is 11.6 Å². The molecule has 5 heteroatoms. The molecular weight excluding hydrogens is 234 g/mol. The average molecular weight is 240 g/mol. The zero-order valence-electron chi connectivity index (χ0n) is 6.86. The van der Waals surface area contributed by atoms with E-state index < -0.39 is 0 Å². The van der Waals surface area contributed by atoms with Gasteiger partial charge in [-0.2, -0.15) is 0 Å². The van der Waals surface area contributed by atoms with Gasteiger partial charge in [-0.3, -0.25) is 0 Å². The molecule has 2 aromatic rings. The van der Waals surface area contributed by atoms with E-state index in [0.29, 0.717) is 5.89 Å². The maximum absolute atomic E-state index is 5.04. The van der Waals surface area contributed by atoms with Crippen LogP contribution in [0.1, 0.15) is 5.56 Å². The molecule has 4 nitrogen and oxygen atoms in total. The minimum Gasteiger partial charge on any atom is -0.422 e. The molecule has 2 heterocycles. The third-order valence-corrected chi connectivity index (χ3v) is 2.04. The SMILES string of the molecule is Cc1cc(Br)cnc1-c1nnco1. The monoisotopic (exact) mass is 239 g/mol. The molecule has 0 unspecified atom stereocenters. The van der Waals surface area contributed by atoms with Crippen molar-refractivity contribution in [2.24, 2.45) is 0 Å². The number of halogens is 1. The quantitative estimate of drug-likeness (QED) is 0.766. The molecule has 0 spiro atoms. The fourth-order valence-corrected chi connectivity index (χ4v) is 1.49. The molecule has 0 aliphatic heterocycles. The number of hydrogen-bond acceptors (Lipinski definition) is 4. The predicted octanol–water partition coefficient (Wildman–Crippen LogP) is 2.20. The van der Waals surface area contributed by atoms with Crippen molar-refractivity contribution in [3.63, 3.8) is 0 Å². The van der Waals surface area contributed by atoms with Gasteiger partial charge in [-0.05, 0) is 34.5 Å². The van der Waals surface area contributed by atoms with Crippen molar-refractivity contribution in [1.82, 2.24) is 15.2 Å². The highest BCUT2D eigenvalue weighted by atomic mass is 79.9. The summed E-state index contributed by atoms with van der Waals surface area (Å²) in [5.41, 5.74) is 1.72. The Balaban J connectivity index is 2.53. The van der Waals surface area contributed by atoms with Gasteiger partial charge in [0.2, 0.25) is 6.39 Å². The van der Waals surface area contributed by atoms with Crippen molar-refractivity contribution in [3.05, 3.63) is 28.7 Å². The average Bonchev–Trinajstić information content (AvgIpc) is 2.56. The molecule has 0 saturated carbocycles. The second-order valence-electron chi connectivity index (χ2n) is 2.56. The maximum atomic E-state index is 5.04. The zero-order valence-corrected chi connectivity index (χ0v) is 8.45. The molecule has 0 aromatic carbocycles. The Morgan fingerprint density at radius 2 is 2.31 bits per heavy atom. The van der Waals surface area contributed by atoms with E-state index in [1.165, 1.54) is 6.39 Å². The molecule has 0 amide bonds. The van der Waals surface area contributed by atoms with Crippen LogP contribution in [0, 0.1) is 6.92 Å². The summed E-state index contributed by atoms with van der Waals surface area (Å²) in [4.78, 5) is 4.18. The number of aromatic nitrogens is 3. The topological polar surface area (TPSA) is 51.8 Å². The third-order valence-electron chi connectivity index (χ3n) is 1.61. The van der Waals surface area contributed by atoms with Crippen LogP contribution in [-0.2, 0) is 0 Å². The Kier molecular flexibility index (Phi) is 2.10. The number of nitrogens with zero attached hydrogens (tertiary/aromatic N) is 3. The van der Waals surface area contributed by atoms with Gasteiger partial charge < -0.3 is 4.42 Å². The summed E-state index contributed by atoms with van der Waals surface area (Å²) in [5.74, 6) is 0.449. The summed E-state index contributed by atoms with van der Waals surface area (Å²) in [5, 5.41) is 7.38. The minimum absolute atomic E-state index is 0.449. The van der Waals surface area contributed by atoms with Crippen LogP contribution in [0.4, 0.5) is 0 Å². The molecule has 0 saturated heterocycles. The fraction of sp³-hybridized carbons (Fsp3) is 0.125. The summed E-state index contributed by atoms with van der Waals surface area (Å²) >= 11 is 3.33. The summed E-state index contributed by atoms with van der Waals surface area (Å²) < 4.78 is 5.98. The Hall–Kier alpha value is -1.23. The van der Waals surface area contributed by atoms with Crippen molar-refractivity contribution >= 4 is 15.9 Å². The zero-order chi connectivity index (χ0) is 9.26. The first kappa shape index (κ1) is 8.37. The van der Waals surface area contributed by atoms with Gasteiger partial charge in [-0.25, -0.2) is 4.98 Å². The van der Waals surface area contributed by atoms with E-state index in [0.717, 1.165) is 15.7 Å². The lowest BCUT2D eigenvalue weighted by molar-refractivity contribution is 0.566. The van der Waals surface area contributed by atoms with Gasteiger partial charge in [-0.15, -0.1) is 10.2 Å². The van der Waals surface area contributed by atoms with Crippen LogP contribution in [0.15, 0.2) is 27.5 Å². The fourth-order valence-electron chi connectivity index (χ4n) is 1.04. The Morgan fingerprint density at radius 1 is 1.46 bits per heavy atom. The van der Waals surface area contributed by atoms with E-state index in [-0.39, 0.29) is 0 Å². The second kappa shape index (κ2) is 3.26. The number of hydrogen-bond donors (Lipinski definition) is 0. The molecule has 0 aliphatic rings. The van der Waals surface area contributed by atoms with Gasteiger partial charge in [0.25, 0.3) is 5.89 Å². The minimum atomic E-state index is 0.449. The summed E-state index contributed by atoms with van der Waals surface area (Å²) in [7, 11) is 0. The van der Waals surface area contributed by atoms with E-state index >= 15 is 0 Å². The van der Waals surface area contributed by atoms with Crippen molar-refractivity contribution in [2.75, 3.05) is 0 Å². The highest BCUT2D eigenvalue weighted by molar-refractivity contribution is 9.10. The molecular formula is C8H6BrN3O. The van der Waals surface area contributed by atoms with Crippen LogP contribution in [0.2, 0.25) is 0 Å². The molecule has 0 bridgehead atoms. The van der Waals surface area contributed by atoms with Gasteiger partial charge in [-0.1, -0.05) is 0 Å². The normalized spacial score (nSPS) is 10.3. The van der Waals surface area contributed by atoms with E-state index in [2.05, 4.69) is 31.1 Å². The second-order valence-corrected chi connectivity index (χ2v) is 3.48. The van der Waals surface area contributed by atoms with Gasteiger partial charge >= 0.3 is 0 Å². The Bertz CT molecular complexity index is 413. The standard InChI is InChI=1S/C8H6BrN3O/c1-5-2-6(9)3-10-7(5)8-12-11-4-13-8/h2-4H,1H3. The van der Waals surface area contributed by atoms with Crippen molar-refractivity contribution in [3.8, 4) is 11.6 Å². The maximum Gasteiger partial charge on any atom is 0.266 e. The first-order valence-corrected chi connectivity index (χ1v) is 4.45. The number of pyridine rings is 1. The highest BCUT2D eigenvalue weighted by Crippen LogP contribution is 2.20. The predicted molar refractivity (Wildman–Crippen MR) is 50.0 cm³/mol. The third kappa shape index (κ3) is 1.60. The smallest absolute Gasteiger partial charge is 0.266 e. The first-order chi connectivity index (χ1) is 6.27. The van der Waals surface area contributed by atoms with Gasteiger partial charge in [0, 0.05) is 10.7 Å². The summed E-state index contributed by atoms with van der Waals surface area (Å²) in [6.45, 7) is 1.94. The summed E-state index contributed by atoms with van der Waals surface area (Å²) in [6, 6.07) is 1.95. The molecule has 66 valence electrons. The lowest BCUT2D eigenvalue weighted by Gasteiger charge is -1.98. The van der Waals surface area contributed by atoms with E-state index in [1.54, 1.807) is 6.20 Å². The molecule has 0 atom stereocenters. The molecule has 13 heavy (non-hydrogen) atoms. The molecule has 0 aliphatic carbocycles. The van der Waals surface area contributed by atoms with Crippen LogP contribution >= 0.6 is 15.9 Å². The van der Waals surface area contributed by atoms with Gasteiger partial charge in [0.05, 0.1) is 0 Å². The lowest BCUT2D eigenvalue weighted by Crippen LogP contribution is -1.88. The largest absolute Gasteiger partial charge is 0.422 e. The first-order valence-electron chi connectivity index (χ1n) is 3.66. The number of rotatable bonds is 1. The van der Waals surface area contributed by atoms with Gasteiger partial charge in [0.15, 0.2) is 0 Å². The van der Waals surface area contributed by atoms with Gasteiger partial charge in [0.1, 0.15) is 5.69 Å². The Morgan fingerprint density at radius 3 is 2.92 bits per heavy atom. The van der Waals surface area contributed by atoms with Crippen molar-refractivity contribution in [1.29, 1.82) is 0 Å². The van der Waals surface area contributed by atoms with Crippen molar-refractivity contribution < 1.29 is 4.42 Å². The van der Waals surface area contributed by atoms with E-state index in [4.69, 9.17) is 4.42 Å². The lowest BCUT2D eigenvalue weighted by atomic mass is 10.2. The molecule has 0 N–H and O–H groups in total. The van der Waals surface area contributed by atoms with Crippen LogP contribution < -0.4 is 0 Å². The van der Waals surface area contributed by atoms with Crippen LogP contribution in [-0.4, -0.2) is 15.2 Å². The number of aryl methyl sites for hydroxylation is 1. The molecule has 0 radical (unpaired) electrons. The van der Waals surface area contributed by atoms with E-state index in [1.807, 2.05) is 13.0 Å². The van der Waals surface area contributed by atoms with Crippen molar-refractivity contribution in [2.45, 2.75) is 6.92 Å². The van der Waals surface area contributed by atoms with E-state index in [9.17, 15) is 0 Å². The Labute approximate surface area is 83.1 Å². The molecule has 2 aromatic heterocycles. The highest BCUT2D eigenvalue weighted by Gasteiger charge is 2.08. The molecule has 0 fully saturated rings. The summed E-state index contributed by atoms with van der Waals surface area (Å²) in [6.07, 6.45) is 2.99. The molecule has 2 rings (SSSR count). The van der Waals surface area contributed by atoms with Crippen LogP contribution in [0.5, 0.6) is 0 Å². The van der Waals surface area contributed by atoms with Crippen LogP contribution in [0.3, 0.4) is 0 Å².